The Bertz CT molecular complexity index is 718. The SMILES string of the molecule is Cc1cc(CN)cc(O[C@H]2CCCC(C(=O)Nc3ccccc3)C2)n1. The number of nitrogens with one attached hydrogen (secondary N) is 1. The Morgan fingerprint density at radius 1 is 1.28 bits per heavy atom. The summed E-state index contributed by atoms with van der Waals surface area (Å²) in [4.78, 5) is 17.0. The third kappa shape index (κ3) is 4.79. The van der Waals surface area contributed by atoms with Crippen molar-refractivity contribution in [2.75, 3.05) is 5.32 Å². The molecule has 1 unspecified atom stereocenters. The Morgan fingerprint density at radius 3 is 2.84 bits per heavy atom. The predicted molar refractivity (Wildman–Crippen MR) is 98.3 cm³/mol. The van der Waals surface area contributed by atoms with Crippen LogP contribution in [-0.4, -0.2) is 17.0 Å². The minimum absolute atomic E-state index is 0.0141. The molecule has 2 aromatic rings. The summed E-state index contributed by atoms with van der Waals surface area (Å²) in [6.07, 6.45) is 3.55. The van der Waals surface area contributed by atoms with Crippen LogP contribution in [0.25, 0.3) is 0 Å². The Labute approximate surface area is 148 Å². The third-order valence-electron chi connectivity index (χ3n) is 4.55. The molecule has 3 rings (SSSR count). The van der Waals surface area contributed by atoms with E-state index >= 15 is 0 Å². The number of aromatic nitrogens is 1. The molecule has 0 radical (unpaired) electrons. The summed E-state index contributed by atoms with van der Waals surface area (Å²) in [6.45, 7) is 2.40. The molecular formula is C20H25N3O2. The predicted octanol–water partition coefficient (Wildman–Crippen LogP) is 3.43. The van der Waals surface area contributed by atoms with Gasteiger partial charge < -0.3 is 15.8 Å². The molecule has 1 aliphatic rings. The maximum Gasteiger partial charge on any atom is 0.227 e. The molecule has 0 aliphatic heterocycles. The summed E-state index contributed by atoms with van der Waals surface area (Å²) in [5, 5.41) is 3.00. The molecule has 1 heterocycles. The number of carbonyl (C=O) groups excluding carboxylic acids is 1. The van der Waals surface area contributed by atoms with Crippen molar-refractivity contribution in [3.05, 3.63) is 53.7 Å². The number of para-hydroxylation sites is 1. The van der Waals surface area contributed by atoms with E-state index in [4.69, 9.17) is 10.5 Å². The molecule has 1 aromatic heterocycles. The summed E-state index contributed by atoms with van der Waals surface area (Å²) < 4.78 is 6.06. The summed E-state index contributed by atoms with van der Waals surface area (Å²) in [5.74, 6) is 0.645. The van der Waals surface area contributed by atoms with Gasteiger partial charge in [-0.2, -0.15) is 0 Å². The number of pyridine rings is 1. The molecule has 1 aliphatic carbocycles. The molecule has 25 heavy (non-hydrogen) atoms. The minimum Gasteiger partial charge on any atom is -0.474 e. The van der Waals surface area contributed by atoms with Crippen LogP contribution >= 0.6 is 0 Å². The van der Waals surface area contributed by atoms with Crippen LogP contribution < -0.4 is 15.8 Å². The lowest BCUT2D eigenvalue weighted by Gasteiger charge is -2.28. The van der Waals surface area contributed by atoms with Crippen molar-refractivity contribution < 1.29 is 9.53 Å². The number of nitrogens with zero attached hydrogens (tertiary/aromatic N) is 1. The number of hydrogen-bond acceptors (Lipinski definition) is 4. The average molecular weight is 339 g/mol. The fourth-order valence-electron chi connectivity index (χ4n) is 3.31. The van der Waals surface area contributed by atoms with Crippen LogP contribution in [0.1, 0.15) is 36.9 Å². The zero-order valence-corrected chi connectivity index (χ0v) is 14.6. The third-order valence-corrected chi connectivity index (χ3v) is 4.55. The lowest BCUT2D eigenvalue weighted by atomic mass is 9.86. The largest absolute Gasteiger partial charge is 0.474 e. The molecule has 132 valence electrons. The lowest BCUT2D eigenvalue weighted by molar-refractivity contribution is -0.121. The van der Waals surface area contributed by atoms with Crippen molar-refractivity contribution in [3.63, 3.8) is 0 Å². The number of rotatable bonds is 5. The summed E-state index contributed by atoms with van der Waals surface area (Å²) in [6, 6.07) is 13.4. The molecule has 5 heteroatoms. The van der Waals surface area contributed by atoms with Gasteiger partial charge in [-0.25, -0.2) is 4.98 Å². The van der Waals surface area contributed by atoms with Gasteiger partial charge in [-0.1, -0.05) is 18.2 Å². The minimum atomic E-state index is -0.0299. The molecule has 0 saturated heterocycles. The second kappa shape index (κ2) is 8.12. The van der Waals surface area contributed by atoms with Crippen molar-refractivity contribution in [3.8, 4) is 5.88 Å². The van der Waals surface area contributed by atoms with Gasteiger partial charge in [-0.3, -0.25) is 4.79 Å². The Hall–Kier alpha value is -2.40. The van der Waals surface area contributed by atoms with Crippen LogP contribution in [0.4, 0.5) is 5.69 Å². The second-order valence-electron chi connectivity index (χ2n) is 6.62. The first kappa shape index (κ1) is 17.4. The van der Waals surface area contributed by atoms with Crippen molar-refractivity contribution in [2.24, 2.45) is 11.7 Å². The second-order valence-corrected chi connectivity index (χ2v) is 6.62. The Kier molecular flexibility index (Phi) is 5.66. The van der Waals surface area contributed by atoms with E-state index in [9.17, 15) is 4.79 Å². The molecule has 1 saturated carbocycles. The number of aryl methyl sites for hydroxylation is 1. The van der Waals surface area contributed by atoms with Crippen LogP contribution in [0.2, 0.25) is 0 Å². The first-order chi connectivity index (χ1) is 12.1. The molecule has 1 amide bonds. The number of anilines is 1. The number of benzene rings is 1. The van der Waals surface area contributed by atoms with E-state index in [1.54, 1.807) is 0 Å². The molecule has 2 atom stereocenters. The van der Waals surface area contributed by atoms with Gasteiger partial charge in [0.05, 0.1) is 0 Å². The topological polar surface area (TPSA) is 77.2 Å². The number of amides is 1. The first-order valence-electron chi connectivity index (χ1n) is 8.84. The highest BCUT2D eigenvalue weighted by Gasteiger charge is 2.28. The van der Waals surface area contributed by atoms with Gasteiger partial charge >= 0.3 is 0 Å². The van der Waals surface area contributed by atoms with E-state index in [0.29, 0.717) is 18.8 Å². The van der Waals surface area contributed by atoms with E-state index in [-0.39, 0.29) is 17.9 Å². The molecule has 1 fully saturated rings. The summed E-state index contributed by atoms with van der Waals surface area (Å²) in [7, 11) is 0. The Balaban J connectivity index is 1.61. The summed E-state index contributed by atoms with van der Waals surface area (Å²) in [5.41, 5.74) is 8.46. The number of carbonyl (C=O) groups is 1. The fraction of sp³-hybridized carbons (Fsp3) is 0.400. The van der Waals surface area contributed by atoms with E-state index in [0.717, 1.165) is 36.2 Å². The highest BCUT2D eigenvalue weighted by atomic mass is 16.5. The van der Waals surface area contributed by atoms with E-state index in [1.807, 2.05) is 49.4 Å². The zero-order valence-electron chi connectivity index (χ0n) is 14.6. The van der Waals surface area contributed by atoms with E-state index in [1.165, 1.54) is 0 Å². The quantitative estimate of drug-likeness (QED) is 0.875. The van der Waals surface area contributed by atoms with Crippen molar-refractivity contribution in [2.45, 2.75) is 45.3 Å². The van der Waals surface area contributed by atoms with Gasteiger partial charge in [-0.05, 0) is 56.4 Å². The summed E-state index contributed by atoms with van der Waals surface area (Å²) >= 11 is 0. The number of ether oxygens (including phenoxy) is 1. The van der Waals surface area contributed by atoms with Gasteiger partial charge in [0.25, 0.3) is 0 Å². The van der Waals surface area contributed by atoms with Gasteiger partial charge in [0.15, 0.2) is 0 Å². The lowest BCUT2D eigenvalue weighted by Crippen LogP contribution is -2.33. The van der Waals surface area contributed by atoms with Crippen molar-refractivity contribution in [1.82, 2.24) is 4.98 Å². The maximum atomic E-state index is 12.5. The van der Waals surface area contributed by atoms with Crippen molar-refractivity contribution in [1.29, 1.82) is 0 Å². The maximum absolute atomic E-state index is 12.5. The van der Waals surface area contributed by atoms with Gasteiger partial charge in [-0.15, -0.1) is 0 Å². The smallest absolute Gasteiger partial charge is 0.227 e. The molecule has 0 spiro atoms. The average Bonchev–Trinajstić information content (AvgIpc) is 2.62. The molecular weight excluding hydrogens is 314 g/mol. The van der Waals surface area contributed by atoms with Crippen LogP contribution in [0.15, 0.2) is 42.5 Å². The standard InChI is InChI=1S/C20H25N3O2/c1-14-10-15(13-21)11-19(22-14)25-18-9-5-6-16(12-18)20(24)23-17-7-3-2-4-8-17/h2-4,7-8,10-11,16,18H,5-6,9,12-13,21H2,1H3,(H,23,24)/t16?,18-/m0/s1. The zero-order chi connectivity index (χ0) is 17.6. The van der Waals surface area contributed by atoms with Crippen LogP contribution in [-0.2, 0) is 11.3 Å². The van der Waals surface area contributed by atoms with E-state index in [2.05, 4.69) is 10.3 Å². The van der Waals surface area contributed by atoms with Crippen LogP contribution in [0.3, 0.4) is 0 Å². The number of hydrogen-bond donors (Lipinski definition) is 2. The van der Waals surface area contributed by atoms with E-state index < -0.39 is 0 Å². The normalized spacial score (nSPS) is 20.1. The van der Waals surface area contributed by atoms with Gasteiger partial charge in [0.2, 0.25) is 11.8 Å². The highest BCUT2D eigenvalue weighted by Crippen LogP contribution is 2.28. The molecule has 5 nitrogen and oxygen atoms in total. The number of nitrogens with two attached hydrogens (primary N) is 1. The van der Waals surface area contributed by atoms with Gasteiger partial charge in [0, 0.05) is 29.9 Å². The highest BCUT2D eigenvalue weighted by molar-refractivity contribution is 5.92. The molecule has 1 aromatic carbocycles. The Morgan fingerprint density at radius 2 is 2.08 bits per heavy atom. The fourth-order valence-corrected chi connectivity index (χ4v) is 3.31. The molecule has 0 bridgehead atoms. The van der Waals surface area contributed by atoms with Crippen LogP contribution in [0, 0.1) is 12.8 Å². The van der Waals surface area contributed by atoms with Crippen molar-refractivity contribution >= 4 is 11.6 Å². The van der Waals surface area contributed by atoms with Crippen LogP contribution in [0.5, 0.6) is 5.88 Å². The monoisotopic (exact) mass is 339 g/mol. The van der Waals surface area contributed by atoms with Gasteiger partial charge in [0.1, 0.15) is 6.10 Å². The molecule has 3 N–H and O–H groups in total. The first-order valence-corrected chi connectivity index (χ1v) is 8.84.